The molecule has 0 aromatic carbocycles. The Balaban J connectivity index is 2.16. The normalized spacial score (nSPS) is 17.9. The van der Waals surface area contributed by atoms with E-state index in [2.05, 4.69) is 4.90 Å². The maximum Gasteiger partial charge on any atom is 0.352 e. The highest BCUT2D eigenvalue weighted by atomic mass is 16.4. The van der Waals surface area contributed by atoms with Crippen molar-refractivity contribution in [3.05, 3.63) is 23.5 Å². The molecule has 1 atom stereocenters. The summed E-state index contributed by atoms with van der Waals surface area (Å²) in [7, 11) is 0. The van der Waals surface area contributed by atoms with Crippen LogP contribution in [0.25, 0.3) is 0 Å². The predicted molar refractivity (Wildman–Crippen MR) is 76.4 cm³/mol. The van der Waals surface area contributed by atoms with E-state index in [0.29, 0.717) is 5.56 Å². The van der Waals surface area contributed by atoms with Crippen LogP contribution < -0.4 is 0 Å². The number of piperidine rings is 1. The zero-order valence-electron chi connectivity index (χ0n) is 12.1. The van der Waals surface area contributed by atoms with Gasteiger partial charge in [-0.05, 0) is 45.8 Å². The monoisotopic (exact) mass is 278 g/mol. The maximum absolute atomic E-state index is 11.4. The van der Waals surface area contributed by atoms with E-state index < -0.39 is 5.97 Å². The molecule has 1 N–H and O–H groups in total. The van der Waals surface area contributed by atoms with Gasteiger partial charge in [0.05, 0.1) is 0 Å². The van der Waals surface area contributed by atoms with Gasteiger partial charge in [0.1, 0.15) is 5.69 Å². The molecule has 1 aliphatic heterocycles. The first kappa shape index (κ1) is 14.8. The molecule has 1 aromatic rings. The number of nitrogens with zero attached hydrogens (tertiary/aromatic N) is 2. The van der Waals surface area contributed by atoms with Gasteiger partial charge in [-0.3, -0.25) is 4.79 Å². The van der Waals surface area contributed by atoms with Gasteiger partial charge in [-0.2, -0.15) is 0 Å². The lowest BCUT2D eigenvalue weighted by atomic mass is 10.1. The number of carbonyl (C=O) groups excluding carboxylic acids is 1. The Labute approximate surface area is 119 Å². The fraction of sp³-hybridized carbons (Fsp3) is 0.600. The molecule has 0 radical (unpaired) electrons. The summed E-state index contributed by atoms with van der Waals surface area (Å²) in [6, 6.07) is 1.52. The van der Waals surface area contributed by atoms with Crippen molar-refractivity contribution in [1.29, 1.82) is 0 Å². The number of carbonyl (C=O) groups is 2. The second kappa shape index (κ2) is 6.22. The van der Waals surface area contributed by atoms with Crippen molar-refractivity contribution in [2.24, 2.45) is 0 Å². The summed E-state index contributed by atoms with van der Waals surface area (Å²) in [6.45, 7) is 6.44. The summed E-state index contributed by atoms with van der Waals surface area (Å²) in [5.41, 5.74) is 0.660. The molecule has 0 aliphatic carbocycles. The Hall–Kier alpha value is -1.62. The summed E-state index contributed by atoms with van der Waals surface area (Å²) in [5, 5.41) is 9.27. The first-order valence-electron chi connectivity index (χ1n) is 7.17. The molecule has 2 heterocycles. The number of aromatic nitrogens is 1. The fourth-order valence-electron chi connectivity index (χ4n) is 2.81. The molecule has 1 aromatic heterocycles. The Bertz CT molecular complexity index is 501. The minimum atomic E-state index is -0.983. The van der Waals surface area contributed by atoms with Crippen LogP contribution >= 0.6 is 0 Å². The number of hydrogen-bond donors (Lipinski definition) is 1. The fourth-order valence-corrected chi connectivity index (χ4v) is 2.81. The van der Waals surface area contributed by atoms with Crippen LogP contribution in [0.4, 0.5) is 0 Å². The average molecular weight is 278 g/mol. The number of Topliss-reactive ketones (excluding diaryl/α,β-unsaturated/α-hetero) is 1. The zero-order chi connectivity index (χ0) is 14.7. The van der Waals surface area contributed by atoms with E-state index in [1.165, 1.54) is 32.3 Å². The third kappa shape index (κ3) is 3.28. The quantitative estimate of drug-likeness (QED) is 0.840. The zero-order valence-corrected chi connectivity index (χ0v) is 12.1. The summed E-state index contributed by atoms with van der Waals surface area (Å²) >= 11 is 0. The molecule has 2 rings (SSSR count). The lowest BCUT2D eigenvalue weighted by molar-refractivity contribution is 0.0680. The van der Waals surface area contributed by atoms with E-state index in [0.717, 1.165) is 19.6 Å². The van der Waals surface area contributed by atoms with Gasteiger partial charge in [-0.25, -0.2) is 4.79 Å². The number of rotatable bonds is 5. The summed E-state index contributed by atoms with van der Waals surface area (Å²) < 4.78 is 1.72. The molecule has 5 nitrogen and oxygen atoms in total. The first-order valence-corrected chi connectivity index (χ1v) is 7.17. The van der Waals surface area contributed by atoms with E-state index in [1.54, 1.807) is 10.8 Å². The predicted octanol–water partition coefficient (Wildman–Crippen LogP) is 2.44. The highest BCUT2D eigenvalue weighted by Crippen LogP contribution is 2.19. The van der Waals surface area contributed by atoms with Gasteiger partial charge in [-0.1, -0.05) is 6.42 Å². The van der Waals surface area contributed by atoms with Crippen LogP contribution in [0.2, 0.25) is 0 Å². The molecule has 1 unspecified atom stereocenters. The van der Waals surface area contributed by atoms with Crippen molar-refractivity contribution in [2.75, 3.05) is 19.6 Å². The number of aromatic carboxylic acids is 1. The molecule has 1 saturated heterocycles. The number of hydrogen-bond acceptors (Lipinski definition) is 3. The smallest absolute Gasteiger partial charge is 0.352 e. The number of likely N-dealkylation sites (tertiary alicyclic amines) is 1. The Morgan fingerprint density at radius 1 is 1.30 bits per heavy atom. The molecule has 5 heteroatoms. The van der Waals surface area contributed by atoms with E-state index in [4.69, 9.17) is 0 Å². The van der Waals surface area contributed by atoms with E-state index in [9.17, 15) is 14.7 Å². The topological polar surface area (TPSA) is 62.5 Å². The van der Waals surface area contributed by atoms with Crippen LogP contribution in [0.5, 0.6) is 0 Å². The molecular formula is C15H22N2O3. The van der Waals surface area contributed by atoms with Gasteiger partial charge in [0.25, 0.3) is 0 Å². The van der Waals surface area contributed by atoms with E-state index in [1.807, 2.05) is 6.92 Å². The van der Waals surface area contributed by atoms with Crippen LogP contribution in [0.1, 0.15) is 60.0 Å². The SMILES string of the molecule is CC(=O)c1cc(C(=O)O)n(C(C)CN2CCCCC2)c1. The molecule has 110 valence electrons. The van der Waals surface area contributed by atoms with Crippen LogP contribution in [-0.4, -0.2) is 46.0 Å². The molecule has 1 fully saturated rings. The second-order valence-corrected chi connectivity index (χ2v) is 5.59. The molecule has 0 saturated carbocycles. The number of ketones is 1. The lowest BCUT2D eigenvalue weighted by Gasteiger charge is -2.30. The third-order valence-electron chi connectivity index (χ3n) is 3.92. The number of carboxylic acid groups (broad SMARTS) is 1. The van der Waals surface area contributed by atoms with Crippen molar-refractivity contribution < 1.29 is 14.7 Å². The highest BCUT2D eigenvalue weighted by Gasteiger charge is 2.20. The van der Waals surface area contributed by atoms with Crippen LogP contribution in [-0.2, 0) is 0 Å². The van der Waals surface area contributed by atoms with Crippen molar-refractivity contribution in [3.63, 3.8) is 0 Å². The molecule has 0 amide bonds. The second-order valence-electron chi connectivity index (χ2n) is 5.59. The van der Waals surface area contributed by atoms with E-state index in [-0.39, 0.29) is 17.5 Å². The molecule has 20 heavy (non-hydrogen) atoms. The molecule has 0 bridgehead atoms. The molecule has 1 aliphatic rings. The Kier molecular flexibility index (Phi) is 4.60. The van der Waals surface area contributed by atoms with Gasteiger partial charge in [-0.15, -0.1) is 0 Å². The van der Waals surface area contributed by atoms with Crippen LogP contribution in [0, 0.1) is 0 Å². The third-order valence-corrected chi connectivity index (χ3v) is 3.92. The molecule has 0 spiro atoms. The van der Waals surface area contributed by atoms with Gasteiger partial charge in [0.2, 0.25) is 0 Å². The summed E-state index contributed by atoms with van der Waals surface area (Å²) in [5.74, 6) is -1.08. The van der Waals surface area contributed by atoms with Crippen molar-refractivity contribution in [3.8, 4) is 0 Å². The number of carboxylic acids is 1. The van der Waals surface area contributed by atoms with Crippen molar-refractivity contribution in [2.45, 2.75) is 39.2 Å². The first-order chi connectivity index (χ1) is 9.49. The summed E-state index contributed by atoms with van der Waals surface area (Å²) in [6.07, 6.45) is 5.37. The minimum absolute atomic E-state index is 0.0484. The van der Waals surface area contributed by atoms with Gasteiger partial charge < -0.3 is 14.6 Å². The van der Waals surface area contributed by atoms with Crippen LogP contribution in [0.3, 0.4) is 0 Å². The Morgan fingerprint density at radius 2 is 1.95 bits per heavy atom. The van der Waals surface area contributed by atoms with Crippen molar-refractivity contribution in [1.82, 2.24) is 9.47 Å². The van der Waals surface area contributed by atoms with E-state index >= 15 is 0 Å². The standard InChI is InChI=1S/C15H22N2O3/c1-11(9-16-6-4-3-5-7-16)17-10-13(12(2)18)8-14(17)15(19)20/h8,10-11H,3-7,9H2,1-2H3,(H,19,20). The van der Waals surface area contributed by atoms with Crippen molar-refractivity contribution >= 4 is 11.8 Å². The maximum atomic E-state index is 11.4. The van der Waals surface area contributed by atoms with Gasteiger partial charge >= 0.3 is 5.97 Å². The minimum Gasteiger partial charge on any atom is -0.477 e. The highest BCUT2D eigenvalue weighted by molar-refractivity contribution is 5.97. The lowest BCUT2D eigenvalue weighted by Crippen LogP contribution is -2.34. The largest absolute Gasteiger partial charge is 0.477 e. The van der Waals surface area contributed by atoms with Crippen LogP contribution in [0.15, 0.2) is 12.3 Å². The summed E-state index contributed by atoms with van der Waals surface area (Å²) in [4.78, 5) is 25.1. The molecular weight excluding hydrogens is 256 g/mol. The average Bonchev–Trinajstić information content (AvgIpc) is 2.85. The van der Waals surface area contributed by atoms with Gasteiger partial charge in [0.15, 0.2) is 5.78 Å². The van der Waals surface area contributed by atoms with Gasteiger partial charge in [0, 0.05) is 24.3 Å². The Morgan fingerprint density at radius 3 is 2.50 bits per heavy atom.